The van der Waals surface area contributed by atoms with E-state index in [1.807, 2.05) is 31.2 Å². The van der Waals surface area contributed by atoms with E-state index in [0.717, 1.165) is 10.0 Å². The summed E-state index contributed by atoms with van der Waals surface area (Å²) in [6.45, 7) is 10.7. The number of amides is 1. The zero-order valence-electron chi connectivity index (χ0n) is 12.3. The summed E-state index contributed by atoms with van der Waals surface area (Å²) < 4.78 is 1.05. The van der Waals surface area contributed by atoms with Gasteiger partial charge in [0.2, 0.25) is 5.91 Å². The van der Waals surface area contributed by atoms with Gasteiger partial charge in [0.25, 0.3) is 0 Å². The predicted molar refractivity (Wildman–Crippen MR) is 81.8 cm³/mol. The smallest absolute Gasteiger partial charge is 0.224 e. The lowest BCUT2D eigenvalue weighted by Crippen LogP contribution is -2.30. The second-order valence-corrected chi connectivity index (χ2v) is 7.57. The van der Waals surface area contributed by atoms with Crippen LogP contribution in [0.1, 0.15) is 46.2 Å². The van der Waals surface area contributed by atoms with Crippen molar-refractivity contribution < 1.29 is 4.79 Å². The van der Waals surface area contributed by atoms with Gasteiger partial charge in [-0.2, -0.15) is 0 Å². The van der Waals surface area contributed by atoms with Crippen molar-refractivity contribution in [1.82, 2.24) is 5.32 Å². The molecule has 0 aliphatic heterocycles. The maximum absolute atomic E-state index is 12.4. The van der Waals surface area contributed by atoms with Crippen LogP contribution in [0.2, 0.25) is 0 Å². The van der Waals surface area contributed by atoms with Crippen LogP contribution in [0.3, 0.4) is 0 Å². The molecule has 1 N–H and O–H groups in total. The third kappa shape index (κ3) is 2.45. The molecule has 19 heavy (non-hydrogen) atoms. The third-order valence-electron chi connectivity index (χ3n) is 5.01. The number of rotatable bonds is 3. The topological polar surface area (TPSA) is 29.1 Å². The van der Waals surface area contributed by atoms with E-state index in [0.29, 0.717) is 0 Å². The summed E-state index contributed by atoms with van der Waals surface area (Å²) >= 11 is 3.42. The van der Waals surface area contributed by atoms with Gasteiger partial charge in [0.15, 0.2) is 0 Å². The second-order valence-electron chi connectivity index (χ2n) is 6.66. The number of hydrogen-bond donors (Lipinski definition) is 1. The van der Waals surface area contributed by atoms with Crippen molar-refractivity contribution in [3.63, 3.8) is 0 Å². The third-order valence-corrected chi connectivity index (χ3v) is 5.54. The van der Waals surface area contributed by atoms with Crippen LogP contribution in [0, 0.1) is 16.7 Å². The normalized spacial score (nSPS) is 21.8. The van der Waals surface area contributed by atoms with Gasteiger partial charge in [0.1, 0.15) is 0 Å². The van der Waals surface area contributed by atoms with E-state index in [2.05, 4.69) is 48.9 Å². The molecule has 0 aromatic heterocycles. The molecule has 0 saturated heterocycles. The number of hydrogen-bond acceptors (Lipinski definition) is 1. The fourth-order valence-corrected chi connectivity index (χ4v) is 3.25. The highest BCUT2D eigenvalue weighted by molar-refractivity contribution is 9.10. The molecule has 1 fully saturated rings. The number of halogens is 1. The molecule has 0 radical (unpaired) electrons. The highest BCUT2D eigenvalue weighted by atomic mass is 79.9. The Morgan fingerprint density at radius 1 is 1.16 bits per heavy atom. The molecule has 2 nitrogen and oxygen atoms in total. The van der Waals surface area contributed by atoms with Gasteiger partial charge in [0, 0.05) is 10.4 Å². The maximum atomic E-state index is 12.4. The van der Waals surface area contributed by atoms with Gasteiger partial charge in [-0.25, -0.2) is 0 Å². The monoisotopic (exact) mass is 323 g/mol. The minimum absolute atomic E-state index is 0.0489. The zero-order chi connectivity index (χ0) is 14.4. The minimum Gasteiger partial charge on any atom is -0.349 e. The molecule has 1 aliphatic carbocycles. The van der Waals surface area contributed by atoms with Crippen molar-refractivity contribution in [2.24, 2.45) is 16.7 Å². The minimum atomic E-state index is 0.0489. The molecule has 2 rings (SSSR count). The Kier molecular flexibility index (Phi) is 3.54. The van der Waals surface area contributed by atoms with Crippen molar-refractivity contribution in [3.05, 3.63) is 34.3 Å². The summed E-state index contributed by atoms with van der Waals surface area (Å²) in [5.41, 5.74) is 1.32. The predicted octanol–water partition coefficient (Wildman–Crippen LogP) is 4.31. The van der Waals surface area contributed by atoms with E-state index >= 15 is 0 Å². The summed E-state index contributed by atoms with van der Waals surface area (Å²) in [6, 6.07) is 8.13. The van der Waals surface area contributed by atoms with E-state index in [-0.39, 0.29) is 28.7 Å². The van der Waals surface area contributed by atoms with Gasteiger partial charge < -0.3 is 5.32 Å². The number of nitrogens with one attached hydrogen (secondary N) is 1. The lowest BCUT2D eigenvalue weighted by Gasteiger charge is -2.15. The van der Waals surface area contributed by atoms with Gasteiger partial charge in [0.05, 0.1) is 6.04 Å². The summed E-state index contributed by atoms with van der Waals surface area (Å²) in [6.07, 6.45) is 0. The number of carbonyl (C=O) groups excluding carboxylic acids is 1. The molecule has 1 aromatic carbocycles. The Bertz CT molecular complexity index is 476. The molecule has 1 atom stereocenters. The molecular formula is C16H22BrNO. The molecule has 1 amide bonds. The average molecular weight is 324 g/mol. The standard InChI is InChI=1S/C16H22BrNO/c1-10(11-6-8-12(17)9-7-11)18-14(19)13-15(2,3)16(13,4)5/h6-10,13H,1-5H3,(H,18,19). The largest absolute Gasteiger partial charge is 0.349 e. The Hall–Kier alpha value is -0.830. The molecule has 1 unspecified atom stereocenters. The highest BCUT2D eigenvalue weighted by Crippen LogP contribution is 2.68. The van der Waals surface area contributed by atoms with Crippen LogP contribution in [-0.2, 0) is 4.79 Å². The molecule has 0 heterocycles. The summed E-state index contributed by atoms with van der Waals surface area (Å²) in [4.78, 5) is 12.4. The van der Waals surface area contributed by atoms with Crippen LogP contribution in [0.4, 0.5) is 0 Å². The van der Waals surface area contributed by atoms with Gasteiger partial charge in [-0.3, -0.25) is 4.79 Å². The first-order chi connectivity index (χ1) is 8.68. The quantitative estimate of drug-likeness (QED) is 0.882. The molecule has 3 heteroatoms. The Labute approximate surface area is 124 Å². The first-order valence-corrected chi connectivity index (χ1v) is 7.53. The van der Waals surface area contributed by atoms with Gasteiger partial charge in [-0.15, -0.1) is 0 Å². The molecular weight excluding hydrogens is 302 g/mol. The summed E-state index contributed by atoms with van der Waals surface area (Å²) in [5.74, 6) is 0.281. The van der Waals surface area contributed by atoms with Crippen LogP contribution in [0.25, 0.3) is 0 Å². The molecule has 1 saturated carbocycles. The van der Waals surface area contributed by atoms with Crippen LogP contribution >= 0.6 is 15.9 Å². The van der Waals surface area contributed by atoms with E-state index in [1.165, 1.54) is 0 Å². The molecule has 0 spiro atoms. The highest BCUT2D eigenvalue weighted by Gasteiger charge is 2.68. The lowest BCUT2D eigenvalue weighted by molar-refractivity contribution is -0.124. The fraction of sp³-hybridized carbons (Fsp3) is 0.562. The fourth-order valence-electron chi connectivity index (χ4n) is 2.98. The number of carbonyl (C=O) groups is 1. The zero-order valence-corrected chi connectivity index (χ0v) is 13.8. The first kappa shape index (κ1) is 14.6. The first-order valence-electron chi connectivity index (χ1n) is 6.74. The van der Waals surface area contributed by atoms with Gasteiger partial charge >= 0.3 is 0 Å². The SMILES string of the molecule is CC(NC(=O)C1C(C)(C)C1(C)C)c1ccc(Br)cc1. The number of benzene rings is 1. The molecule has 104 valence electrons. The van der Waals surface area contributed by atoms with Crippen LogP contribution in [0.5, 0.6) is 0 Å². The van der Waals surface area contributed by atoms with E-state index < -0.39 is 0 Å². The Morgan fingerprint density at radius 3 is 2.05 bits per heavy atom. The van der Waals surface area contributed by atoms with Crippen molar-refractivity contribution in [2.45, 2.75) is 40.7 Å². The van der Waals surface area contributed by atoms with Crippen molar-refractivity contribution in [1.29, 1.82) is 0 Å². The summed E-state index contributed by atoms with van der Waals surface area (Å²) in [7, 11) is 0. The van der Waals surface area contributed by atoms with E-state index in [9.17, 15) is 4.79 Å². The van der Waals surface area contributed by atoms with Crippen molar-refractivity contribution >= 4 is 21.8 Å². The average Bonchev–Trinajstić information content (AvgIpc) is 2.69. The molecule has 1 aliphatic rings. The van der Waals surface area contributed by atoms with Crippen LogP contribution in [-0.4, -0.2) is 5.91 Å². The van der Waals surface area contributed by atoms with E-state index in [1.54, 1.807) is 0 Å². The van der Waals surface area contributed by atoms with Gasteiger partial charge in [-0.1, -0.05) is 55.8 Å². The summed E-state index contributed by atoms with van der Waals surface area (Å²) in [5, 5.41) is 3.13. The van der Waals surface area contributed by atoms with E-state index in [4.69, 9.17) is 0 Å². The Morgan fingerprint density at radius 2 is 1.63 bits per heavy atom. The lowest BCUT2D eigenvalue weighted by atomic mass is 10.0. The molecule has 0 bridgehead atoms. The van der Waals surface area contributed by atoms with Crippen molar-refractivity contribution in [3.8, 4) is 0 Å². The maximum Gasteiger partial charge on any atom is 0.224 e. The van der Waals surface area contributed by atoms with Crippen LogP contribution in [0.15, 0.2) is 28.7 Å². The van der Waals surface area contributed by atoms with Crippen LogP contribution < -0.4 is 5.32 Å². The Balaban J connectivity index is 2.03. The van der Waals surface area contributed by atoms with Gasteiger partial charge in [-0.05, 0) is 35.4 Å². The molecule has 1 aromatic rings. The second kappa shape index (κ2) is 4.62. The van der Waals surface area contributed by atoms with Crippen molar-refractivity contribution in [2.75, 3.05) is 0 Å².